The molecule has 0 saturated heterocycles. The van der Waals surface area contributed by atoms with Crippen molar-refractivity contribution in [1.82, 2.24) is 0 Å². The summed E-state index contributed by atoms with van der Waals surface area (Å²) in [4.78, 5) is 10.3. The summed E-state index contributed by atoms with van der Waals surface area (Å²) in [6, 6.07) is 0. The molecule has 0 atom stereocenters. The van der Waals surface area contributed by atoms with Gasteiger partial charge in [-0.3, -0.25) is 0 Å². The van der Waals surface area contributed by atoms with Crippen LogP contribution in [0.5, 0.6) is 0 Å². The Labute approximate surface area is 147 Å². The van der Waals surface area contributed by atoms with Gasteiger partial charge < -0.3 is 15.0 Å². The van der Waals surface area contributed by atoms with Crippen LogP contribution >= 0.6 is 22.6 Å². The van der Waals surface area contributed by atoms with Crippen molar-refractivity contribution in [3.63, 3.8) is 0 Å². The Hall–Kier alpha value is 3.27. The Balaban J connectivity index is -0.0000000183. The van der Waals surface area contributed by atoms with E-state index in [1.807, 2.05) is 4.93 Å². The third-order valence-electron chi connectivity index (χ3n) is 0. The Kier molecular flexibility index (Phi) is 63.1. The van der Waals surface area contributed by atoms with Crippen LogP contribution in [0.4, 0.5) is 4.79 Å². The Morgan fingerprint density at radius 3 is 1.25 bits per heavy atom. The molecule has 0 aliphatic rings. The summed E-state index contributed by atoms with van der Waals surface area (Å²) in [5.74, 6) is 0. The average Bonchev–Trinajstić information content (AvgIpc) is 1.41. The van der Waals surface area contributed by atoms with Crippen molar-refractivity contribution in [2.75, 3.05) is 4.93 Å². The minimum Gasteiger partial charge on any atom is -0.652 e. The molecular formula is C2H3IK2O3. The van der Waals surface area contributed by atoms with Gasteiger partial charge in [-0.15, -0.1) is 0 Å². The van der Waals surface area contributed by atoms with Gasteiger partial charge in [0.05, 0.1) is 0 Å². The van der Waals surface area contributed by atoms with E-state index >= 15 is 0 Å². The number of carbonyl (C=O) groups excluding carboxylic acids is 1. The van der Waals surface area contributed by atoms with E-state index in [1.54, 1.807) is 0 Å². The van der Waals surface area contributed by atoms with Crippen molar-refractivity contribution in [3.05, 3.63) is 0 Å². The maximum absolute atomic E-state index is 8.33. The molecule has 0 N–H and O–H groups in total. The van der Waals surface area contributed by atoms with Crippen molar-refractivity contribution in [2.45, 2.75) is 0 Å². The molecule has 0 aromatic heterocycles. The van der Waals surface area contributed by atoms with Crippen molar-refractivity contribution in [1.29, 1.82) is 0 Å². The van der Waals surface area contributed by atoms with Crippen LogP contribution in [0.2, 0.25) is 0 Å². The van der Waals surface area contributed by atoms with E-state index in [1.165, 1.54) is 0 Å². The molecule has 38 valence electrons. The van der Waals surface area contributed by atoms with Gasteiger partial charge in [0.25, 0.3) is 0 Å². The minimum absolute atomic E-state index is 0. The fraction of sp³-hybridized carbons (Fsp3) is 0.500. The molecule has 0 bridgehead atoms. The van der Waals surface area contributed by atoms with Crippen LogP contribution in [-0.4, -0.2) is 11.1 Å². The third kappa shape index (κ3) is 59.2. The van der Waals surface area contributed by atoms with E-state index in [2.05, 4.69) is 22.6 Å². The van der Waals surface area contributed by atoms with Gasteiger partial charge >= 0.3 is 103 Å². The van der Waals surface area contributed by atoms with Crippen molar-refractivity contribution < 1.29 is 118 Å². The van der Waals surface area contributed by atoms with Gasteiger partial charge in [-0.2, -0.15) is 0 Å². The van der Waals surface area contributed by atoms with E-state index in [9.17, 15) is 0 Å². The van der Waals surface area contributed by atoms with E-state index < -0.39 is 6.16 Å². The number of carboxylic acid groups (broad SMARTS) is 2. The summed E-state index contributed by atoms with van der Waals surface area (Å²) >= 11 is 2.15. The first-order valence-electron chi connectivity index (χ1n) is 0.990. The van der Waals surface area contributed by atoms with Gasteiger partial charge in [0.2, 0.25) is 0 Å². The van der Waals surface area contributed by atoms with Gasteiger partial charge in [-0.05, 0) is 11.1 Å². The Bertz CT molecular complexity index is 38.3. The molecule has 0 aromatic carbocycles. The summed E-state index contributed by atoms with van der Waals surface area (Å²) in [5.41, 5.74) is 0. The van der Waals surface area contributed by atoms with Crippen molar-refractivity contribution in [2.24, 2.45) is 0 Å². The molecule has 0 rings (SSSR count). The molecular weight excluding hydrogens is 277 g/mol. The van der Waals surface area contributed by atoms with Crippen molar-refractivity contribution in [3.8, 4) is 0 Å². The second kappa shape index (κ2) is 22.4. The number of alkyl halides is 1. The third-order valence-corrected chi connectivity index (χ3v) is 0. The van der Waals surface area contributed by atoms with E-state index in [0.717, 1.165) is 0 Å². The molecule has 0 saturated carbocycles. The molecule has 0 heterocycles. The predicted molar refractivity (Wildman–Crippen MR) is 25.3 cm³/mol. The molecule has 6 heteroatoms. The number of hydrogen-bond donors (Lipinski definition) is 0. The molecule has 3 nitrogen and oxygen atoms in total. The standard InChI is InChI=1S/CH3I.CH2O3.2K/c1-2;2-1(3)4;;/h1H3;(H2,2,3,4);;/q;;2*+1/p-2. The van der Waals surface area contributed by atoms with Crippen LogP contribution in [0, 0.1) is 0 Å². The number of rotatable bonds is 0. The van der Waals surface area contributed by atoms with Gasteiger partial charge in [0.15, 0.2) is 0 Å². The van der Waals surface area contributed by atoms with E-state index in [0.29, 0.717) is 0 Å². The summed E-state index contributed by atoms with van der Waals surface area (Å²) in [6.07, 6.45) is -2.33. The molecule has 0 unspecified atom stereocenters. The molecule has 0 aliphatic heterocycles. The second-order valence-corrected chi connectivity index (χ2v) is 0.250. The Morgan fingerprint density at radius 2 is 1.25 bits per heavy atom. The maximum Gasteiger partial charge on any atom is 1.00 e. The zero-order valence-corrected chi connectivity index (χ0v) is 13.5. The Morgan fingerprint density at radius 1 is 1.25 bits per heavy atom. The SMILES string of the molecule is CI.O=C([O-])[O-].[K+].[K+]. The first-order valence-corrected chi connectivity index (χ1v) is 3.15. The molecule has 0 aliphatic carbocycles. The molecule has 0 aromatic rings. The van der Waals surface area contributed by atoms with Crippen LogP contribution < -0.4 is 113 Å². The first-order chi connectivity index (χ1) is 2.73. The van der Waals surface area contributed by atoms with E-state index in [4.69, 9.17) is 15.0 Å². The fourth-order valence-corrected chi connectivity index (χ4v) is 0. The van der Waals surface area contributed by atoms with Crippen LogP contribution in [-0.2, 0) is 0 Å². The number of halogens is 1. The zero-order valence-electron chi connectivity index (χ0n) is 5.10. The normalized spacial score (nSPS) is 3.75. The topological polar surface area (TPSA) is 63.2 Å². The minimum atomic E-state index is -2.33. The second-order valence-electron chi connectivity index (χ2n) is 0.250. The van der Waals surface area contributed by atoms with Gasteiger partial charge in [0.1, 0.15) is 0 Å². The van der Waals surface area contributed by atoms with Crippen LogP contribution in [0.1, 0.15) is 0 Å². The summed E-state index contributed by atoms with van der Waals surface area (Å²) < 4.78 is 0. The van der Waals surface area contributed by atoms with E-state index in [-0.39, 0.29) is 103 Å². The fourth-order valence-electron chi connectivity index (χ4n) is 0. The quantitative estimate of drug-likeness (QED) is 0.252. The van der Waals surface area contributed by atoms with Gasteiger partial charge in [-0.1, -0.05) is 22.6 Å². The predicted octanol–water partition coefficient (Wildman–Crippen LogP) is -7.39. The van der Waals surface area contributed by atoms with Crippen molar-refractivity contribution >= 4 is 28.7 Å². The average molecular weight is 280 g/mol. The van der Waals surface area contributed by atoms with Crippen LogP contribution in [0.25, 0.3) is 0 Å². The number of hydrogen-bond acceptors (Lipinski definition) is 3. The summed E-state index contributed by atoms with van der Waals surface area (Å²) in [6.45, 7) is 0. The maximum atomic E-state index is 8.33. The molecule has 0 fully saturated rings. The van der Waals surface area contributed by atoms with Crippen LogP contribution in [0.15, 0.2) is 0 Å². The molecule has 8 heavy (non-hydrogen) atoms. The first kappa shape index (κ1) is 22.5. The smallest absolute Gasteiger partial charge is 0.652 e. The zero-order chi connectivity index (χ0) is 5.58. The largest absolute Gasteiger partial charge is 1.00 e. The molecule has 0 radical (unpaired) electrons. The monoisotopic (exact) mass is 280 g/mol. The van der Waals surface area contributed by atoms with Gasteiger partial charge in [-0.25, -0.2) is 0 Å². The van der Waals surface area contributed by atoms with Gasteiger partial charge in [0, 0.05) is 0 Å². The summed E-state index contributed by atoms with van der Waals surface area (Å²) in [7, 11) is 0. The van der Waals surface area contributed by atoms with Crippen LogP contribution in [0.3, 0.4) is 0 Å². The number of carbonyl (C=O) groups is 1. The molecule has 0 amide bonds. The molecule has 0 spiro atoms. The summed E-state index contributed by atoms with van der Waals surface area (Å²) in [5, 5.41) is 16.7.